The molecule has 0 amide bonds. The second kappa shape index (κ2) is 4.78. The summed E-state index contributed by atoms with van der Waals surface area (Å²) in [5.74, 6) is -0.923. The molecule has 0 saturated heterocycles. The van der Waals surface area contributed by atoms with Crippen LogP contribution in [0.4, 0.5) is 0 Å². The van der Waals surface area contributed by atoms with Crippen LogP contribution in [0.1, 0.15) is 15.9 Å². The molecule has 3 aromatic rings. The predicted molar refractivity (Wildman–Crippen MR) is 78.9 cm³/mol. The SMILES string of the molecule is Cc1cccc(-c2cnc3ccc(C(=O)O)cc3c2)c1. The number of carboxylic acid groups (broad SMARTS) is 1. The van der Waals surface area contributed by atoms with Gasteiger partial charge in [-0.15, -0.1) is 0 Å². The Balaban J connectivity index is 2.16. The minimum atomic E-state index is -0.923. The molecular formula is C17H13NO2. The zero-order valence-electron chi connectivity index (χ0n) is 11.0. The fourth-order valence-corrected chi connectivity index (χ4v) is 2.25. The molecule has 20 heavy (non-hydrogen) atoms. The van der Waals surface area contributed by atoms with Crippen molar-refractivity contribution in [3.63, 3.8) is 0 Å². The van der Waals surface area contributed by atoms with Gasteiger partial charge in [0.05, 0.1) is 11.1 Å². The monoisotopic (exact) mass is 263 g/mol. The van der Waals surface area contributed by atoms with E-state index in [9.17, 15) is 4.79 Å². The lowest BCUT2D eigenvalue weighted by Crippen LogP contribution is -1.95. The van der Waals surface area contributed by atoms with Crippen LogP contribution < -0.4 is 0 Å². The molecule has 0 unspecified atom stereocenters. The van der Waals surface area contributed by atoms with Gasteiger partial charge in [-0.25, -0.2) is 4.79 Å². The van der Waals surface area contributed by atoms with Gasteiger partial charge in [0.25, 0.3) is 0 Å². The van der Waals surface area contributed by atoms with E-state index in [1.807, 2.05) is 37.4 Å². The number of aryl methyl sites for hydroxylation is 1. The largest absolute Gasteiger partial charge is 0.478 e. The number of aromatic carboxylic acids is 1. The smallest absolute Gasteiger partial charge is 0.335 e. The third-order valence-corrected chi connectivity index (χ3v) is 3.28. The van der Waals surface area contributed by atoms with E-state index < -0.39 is 5.97 Å². The van der Waals surface area contributed by atoms with Crippen molar-refractivity contribution < 1.29 is 9.90 Å². The highest BCUT2D eigenvalue weighted by atomic mass is 16.4. The van der Waals surface area contributed by atoms with E-state index in [1.54, 1.807) is 18.2 Å². The van der Waals surface area contributed by atoms with Crippen LogP contribution in [0.5, 0.6) is 0 Å². The maximum absolute atomic E-state index is 11.0. The van der Waals surface area contributed by atoms with Gasteiger partial charge in [-0.2, -0.15) is 0 Å². The summed E-state index contributed by atoms with van der Waals surface area (Å²) in [6.07, 6.45) is 1.82. The molecule has 1 N–H and O–H groups in total. The number of aromatic nitrogens is 1. The minimum Gasteiger partial charge on any atom is -0.478 e. The normalized spacial score (nSPS) is 10.7. The Morgan fingerprint density at radius 1 is 1.05 bits per heavy atom. The number of carboxylic acids is 1. The molecule has 3 rings (SSSR count). The first-order chi connectivity index (χ1) is 9.63. The first-order valence-electron chi connectivity index (χ1n) is 6.33. The summed E-state index contributed by atoms with van der Waals surface area (Å²) in [5, 5.41) is 9.88. The summed E-state index contributed by atoms with van der Waals surface area (Å²) < 4.78 is 0. The summed E-state index contributed by atoms with van der Waals surface area (Å²) in [6.45, 7) is 2.04. The number of rotatable bonds is 2. The molecular weight excluding hydrogens is 250 g/mol. The lowest BCUT2D eigenvalue weighted by atomic mass is 10.0. The van der Waals surface area contributed by atoms with Gasteiger partial charge in [0.15, 0.2) is 0 Å². The van der Waals surface area contributed by atoms with Gasteiger partial charge in [-0.05, 0) is 36.8 Å². The van der Waals surface area contributed by atoms with E-state index in [0.29, 0.717) is 0 Å². The molecule has 0 bridgehead atoms. The van der Waals surface area contributed by atoms with Crippen molar-refractivity contribution in [2.24, 2.45) is 0 Å². The third kappa shape index (κ3) is 2.26. The van der Waals surface area contributed by atoms with Crippen LogP contribution in [0, 0.1) is 6.92 Å². The average Bonchev–Trinajstić information content (AvgIpc) is 2.46. The van der Waals surface area contributed by atoms with Gasteiger partial charge in [-0.1, -0.05) is 29.8 Å². The fraction of sp³-hybridized carbons (Fsp3) is 0.0588. The average molecular weight is 263 g/mol. The van der Waals surface area contributed by atoms with Crippen LogP contribution >= 0.6 is 0 Å². The number of nitrogens with zero attached hydrogens (tertiary/aromatic N) is 1. The molecule has 0 saturated carbocycles. The highest BCUT2D eigenvalue weighted by Gasteiger charge is 2.06. The Morgan fingerprint density at radius 2 is 1.90 bits per heavy atom. The van der Waals surface area contributed by atoms with Crippen molar-refractivity contribution in [3.8, 4) is 11.1 Å². The van der Waals surface area contributed by atoms with Crippen LogP contribution in [-0.2, 0) is 0 Å². The van der Waals surface area contributed by atoms with Crippen LogP contribution in [0.25, 0.3) is 22.0 Å². The quantitative estimate of drug-likeness (QED) is 0.762. The molecule has 3 nitrogen and oxygen atoms in total. The maximum Gasteiger partial charge on any atom is 0.335 e. The first kappa shape index (κ1) is 12.4. The Labute approximate surface area is 116 Å². The van der Waals surface area contributed by atoms with Gasteiger partial charge in [0.2, 0.25) is 0 Å². The summed E-state index contributed by atoms with van der Waals surface area (Å²) in [7, 11) is 0. The maximum atomic E-state index is 11.0. The van der Waals surface area contributed by atoms with Crippen molar-refractivity contribution >= 4 is 16.9 Å². The molecule has 1 aromatic heterocycles. The molecule has 98 valence electrons. The highest BCUT2D eigenvalue weighted by Crippen LogP contribution is 2.24. The third-order valence-electron chi connectivity index (χ3n) is 3.28. The van der Waals surface area contributed by atoms with E-state index in [0.717, 1.165) is 22.0 Å². The molecule has 1 heterocycles. The first-order valence-corrected chi connectivity index (χ1v) is 6.33. The van der Waals surface area contributed by atoms with Gasteiger partial charge in [0, 0.05) is 17.1 Å². The van der Waals surface area contributed by atoms with Crippen molar-refractivity contribution in [2.75, 3.05) is 0 Å². The lowest BCUT2D eigenvalue weighted by molar-refractivity contribution is 0.0697. The predicted octanol–water partition coefficient (Wildman–Crippen LogP) is 3.91. The fourth-order valence-electron chi connectivity index (χ4n) is 2.25. The van der Waals surface area contributed by atoms with E-state index in [4.69, 9.17) is 5.11 Å². The Bertz CT molecular complexity index is 809. The number of pyridine rings is 1. The van der Waals surface area contributed by atoms with Crippen LogP contribution in [0.15, 0.2) is 54.7 Å². The van der Waals surface area contributed by atoms with Crippen LogP contribution in [0.3, 0.4) is 0 Å². The number of carbonyl (C=O) groups is 1. The number of hydrogen-bond donors (Lipinski definition) is 1. The molecule has 0 fully saturated rings. The zero-order valence-corrected chi connectivity index (χ0v) is 11.0. The summed E-state index contributed by atoms with van der Waals surface area (Å²) in [6, 6.07) is 15.1. The highest BCUT2D eigenvalue weighted by molar-refractivity contribution is 5.94. The molecule has 0 aliphatic heterocycles. The molecule has 0 atom stereocenters. The van der Waals surface area contributed by atoms with Crippen LogP contribution in [-0.4, -0.2) is 16.1 Å². The summed E-state index contributed by atoms with van der Waals surface area (Å²) >= 11 is 0. The molecule has 0 radical (unpaired) electrons. The molecule has 0 aliphatic rings. The van der Waals surface area contributed by atoms with Gasteiger partial charge >= 0.3 is 5.97 Å². The molecule has 3 heteroatoms. The zero-order chi connectivity index (χ0) is 14.1. The topological polar surface area (TPSA) is 50.2 Å². The van der Waals surface area contributed by atoms with E-state index in [1.165, 1.54) is 5.56 Å². The summed E-state index contributed by atoms with van der Waals surface area (Å²) in [4.78, 5) is 15.4. The van der Waals surface area contributed by atoms with Crippen molar-refractivity contribution in [1.29, 1.82) is 0 Å². The van der Waals surface area contributed by atoms with E-state index >= 15 is 0 Å². The van der Waals surface area contributed by atoms with Gasteiger partial charge in [0.1, 0.15) is 0 Å². The molecule has 0 spiro atoms. The second-order valence-electron chi connectivity index (χ2n) is 4.81. The van der Waals surface area contributed by atoms with Gasteiger partial charge in [-0.3, -0.25) is 4.98 Å². The number of benzene rings is 2. The van der Waals surface area contributed by atoms with Crippen molar-refractivity contribution in [1.82, 2.24) is 4.98 Å². The number of fused-ring (bicyclic) bond motifs is 1. The Morgan fingerprint density at radius 3 is 2.65 bits per heavy atom. The van der Waals surface area contributed by atoms with E-state index in [2.05, 4.69) is 11.1 Å². The Hall–Kier alpha value is -2.68. The molecule has 2 aromatic carbocycles. The molecule has 0 aliphatic carbocycles. The minimum absolute atomic E-state index is 0.278. The van der Waals surface area contributed by atoms with Gasteiger partial charge < -0.3 is 5.11 Å². The second-order valence-corrected chi connectivity index (χ2v) is 4.81. The van der Waals surface area contributed by atoms with Crippen LogP contribution in [0.2, 0.25) is 0 Å². The number of hydrogen-bond acceptors (Lipinski definition) is 2. The van der Waals surface area contributed by atoms with Crippen molar-refractivity contribution in [3.05, 3.63) is 65.9 Å². The van der Waals surface area contributed by atoms with E-state index in [-0.39, 0.29) is 5.56 Å². The lowest BCUT2D eigenvalue weighted by Gasteiger charge is -2.05. The summed E-state index contributed by atoms with van der Waals surface area (Å²) in [5.41, 5.74) is 4.33. The standard InChI is InChI=1S/C17H13NO2/c1-11-3-2-4-12(7-11)15-9-14-8-13(17(19)20)5-6-16(14)18-10-15/h2-10H,1H3,(H,19,20). The van der Waals surface area contributed by atoms with Crippen molar-refractivity contribution in [2.45, 2.75) is 6.92 Å². The Kier molecular flexibility index (Phi) is 2.95.